The number of ether oxygens (including phenoxy) is 2. The fraction of sp³-hybridized carbons (Fsp3) is 0.250. The maximum atomic E-state index is 12.0. The Morgan fingerprint density at radius 2 is 1.72 bits per heavy atom. The van der Waals surface area contributed by atoms with Crippen LogP contribution >= 0.6 is 0 Å². The van der Waals surface area contributed by atoms with Crippen molar-refractivity contribution in [1.82, 2.24) is 4.90 Å². The van der Waals surface area contributed by atoms with Gasteiger partial charge in [-0.1, -0.05) is 18.2 Å². The molecule has 0 spiro atoms. The maximum absolute atomic E-state index is 12.0. The van der Waals surface area contributed by atoms with Gasteiger partial charge in [-0.2, -0.15) is 0 Å². The number of carbonyl (C=O) groups excluding carboxylic acids is 3. The number of carbonyl (C=O) groups is 3. The molecule has 0 aliphatic heterocycles. The minimum atomic E-state index is -1.08. The van der Waals surface area contributed by atoms with Crippen molar-refractivity contribution >= 4 is 18.1 Å². The Kier molecular flexibility index (Phi) is 4.86. The van der Waals surface area contributed by atoms with Crippen LogP contribution in [0, 0.1) is 0 Å². The van der Waals surface area contributed by atoms with Crippen LogP contribution in [-0.2, 0) is 9.47 Å². The van der Waals surface area contributed by atoms with Crippen molar-refractivity contribution in [2.75, 3.05) is 13.7 Å². The molecule has 0 saturated heterocycles. The first-order valence-electron chi connectivity index (χ1n) is 5.26. The molecule has 18 heavy (non-hydrogen) atoms. The topological polar surface area (TPSA) is 72.9 Å². The van der Waals surface area contributed by atoms with Gasteiger partial charge in [-0.25, -0.2) is 9.59 Å². The van der Waals surface area contributed by atoms with Crippen LogP contribution in [0.5, 0.6) is 0 Å². The molecule has 1 rings (SSSR count). The molecule has 1 aromatic carbocycles. The summed E-state index contributed by atoms with van der Waals surface area (Å²) < 4.78 is 9.02. The third-order valence-electron chi connectivity index (χ3n) is 2.03. The molecule has 96 valence electrons. The van der Waals surface area contributed by atoms with Gasteiger partial charge in [0.15, 0.2) is 0 Å². The molecule has 0 radical (unpaired) electrons. The number of amides is 3. The molecule has 0 fully saturated rings. The van der Waals surface area contributed by atoms with Gasteiger partial charge < -0.3 is 9.47 Å². The van der Waals surface area contributed by atoms with Crippen molar-refractivity contribution in [2.45, 2.75) is 6.92 Å². The number of imide groups is 3. The van der Waals surface area contributed by atoms with Crippen LogP contribution in [0.3, 0.4) is 0 Å². The van der Waals surface area contributed by atoms with E-state index in [2.05, 4.69) is 9.47 Å². The molecule has 6 heteroatoms. The van der Waals surface area contributed by atoms with Gasteiger partial charge in [-0.05, 0) is 19.1 Å². The lowest BCUT2D eigenvalue weighted by Crippen LogP contribution is -2.42. The molecule has 6 nitrogen and oxygen atoms in total. The van der Waals surface area contributed by atoms with E-state index < -0.39 is 18.1 Å². The molecule has 1 aromatic rings. The lowest BCUT2D eigenvalue weighted by Gasteiger charge is -2.16. The molecule has 0 aliphatic rings. The summed E-state index contributed by atoms with van der Waals surface area (Å²) in [5, 5.41) is 0. The highest BCUT2D eigenvalue weighted by atomic mass is 16.6. The number of hydrogen-bond donors (Lipinski definition) is 0. The summed E-state index contributed by atoms with van der Waals surface area (Å²) in [7, 11) is 1.08. The Balaban J connectivity index is 3.00. The lowest BCUT2D eigenvalue weighted by molar-refractivity contribution is 0.0630. The molecule has 0 atom stereocenters. The van der Waals surface area contributed by atoms with E-state index in [1.165, 1.54) is 12.1 Å². The van der Waals surface area contributed by atoms with Gasteiger partial charge in [0.1, 0.15) is 0 Å². The van der Waals surface area contributed by atoms with Gasteiger partial charge in [0, 0.05) is 5.56 Å². The van der Waals surface area contributed by atoms with E-state index in [1.54, 1.807) is 25.1 Å². The molecule has 0 saturated carbocycles. The Hall–Kier alpha value is -2.37. The number of benzene rings is 1. The van der Waals surface area contributed by atoms with Crippen molar-refractivity contribution in [3.63, 3.8) is 0 Å². The Morgan fingerprint density at radius 1 is 1.11 bits per heavy atom. The quantitative estimate of drug-likeness (QED) is 0.804. The second-order valence-electron chi connectivity index (χ2n) is 3.18. The highest BCUT2D eigenvalue weighted by Crippen LogP contribution is 2.08. The summed E-state index contributed by atoms with van der Waals surface area (Å²) in [5.41, 5.74) is 0.191. The highest BCUT2D eigenvalue weighted by Gasteiger charge is 2.31. The molecule has 0 bridgehead atoms. The molecular formula is C12H13NO5. The van der Waals surface area contributed by atoms with Crippen LogP contribution in [0.25, 0.3) is 0 Å². The van der Waals surface area contributed by atoms with Crippen LogP contribution in [0.4, 0.5) is 9.59 Å². The van der Waals surface area contributed by atoms with Gasteiger partial charge in [0.25, 0.3) is 5.91 Å². The number of rotatable bonds is 2. The Morgan fingerprint density at radius 3 is 2.22 bits per heavy atom. The molecular weight excluding hydrogens is 238 g/mol. The Bertz CT molecular complexity index is 443. The first-order chi connectivity index (χ1) is 8.61. The average molecular weight is 251 g/mol. The molecule has 0 N–H and O–H groups in total. The third kappa shape index (κ3) is 3.07. The van der Waals surface area contributed by atoms with Crippen LogP contribution in [0.15, 0.2) is 30.3 Å². The Labute approximate surface area is 104 Å². The standard InChI is InChI=1S/C12H13NO5/c1-3-18-12(16)13(11(15)17-2)10(14)9-7-5-4-6-8-9/h4-8H,3H2,1-2H3. The first kappa shape index (κ1) is 13.7. The molecule has 0 aromatic heterocycles. The average Bonchev–Trinajstić information content (AvgIpc) is 2.40. The van der Waals surface area contributed by atoms with Crippen LogP contribution in [-0.4, -0.2) is 36.7 Å². The zero-order chi connectivity index (χ0) is 13.5. The van der Waals surface area contributed by atoms with Crippen LogP contribution in [0.1, 0.15) is 17.3 Å². The van der Waals surface area contributed by atoms with E-state index in [9.17, 15) is 14.4 Å². The van der Waals surface area contributed by atoms with Gasteiger partial charge in [0.05, 0.1) is 13.7 Å². The van der Waals surface area contributed by atoms with E-state index in [1.807, 2.05) is 0 Å². The van der Waals surface area contributed by atoms with Crippen molar-refractivity contribution in [1.29, 1.82) is 0 Å². The van der Waals surface area contributed by atoms with Gasteiger partial charge in [-0.3, -0.25) is 4.79 Å². The SMILES string of the molecule is CCOC(=O)N(C(=O)OC)C(=O)c1ccccc1. The normalized spacial score (nSPS) is 9.44. The number of nitrogens with zero attached hydrogens (tertiary/aromatic N) is 1. The van der Waals surface area contributed by atoms with Crippen LogP contribution in [0.2, 0.25) is 0 Å². The van der Waals surface area contributed by atoms with E-state index in [-0.39, 0.29) is 12.2 Å². The second kappa shape index (κ2) is 6.39. The highest BCUT2D eigenvalue weighted by molar-refractivity contribution is 6.13. The van der Waals surface area contributed by atoms with E-state index in [4.69, 9.17) is 0 Å². The van der Waals surface area contributed by atoms with E-state index in [0.717, 1.165) is 7.11 Å². The third-order valence-corrected chi connectivity index (χ3v) is 2.03. The van der Waals surface area contributed by atoms with Gasteiger partial charge in [0.2, 0.25) is 0 Å². The van der Waals surface area contributed by atoms with Crippen molar-refractivity contribution in [3.05, 3.63) is 35.9 Å². The zero-order valence-corrected chi connectivity index (χ0v) is 10.1. The molecule has 3 amide bonds. The van der Waals surface area contributed by atoms with E-state index >= 15 is 0 Å². The summed E-state index contributed by atoms with van der Waals surface area (Å²) in [6, 6.07) is 7.92. The van der Waals surface area contributed by atoms with Gasteiger partial charge in [-0.15, -0.1) is 4.90 Å². The zero-order valence-electron chi connectivity index (χ0n) is 10.1. The minimum Gasteiger partial charge on any atom is -0.452 e. The smallest absolute Gasteiger partial charge is 0.426 e. The fourth-order valence-corrected chi connectivity index (χ4v) is 1.23. The largest absolute Gasteiger partial charge is 0.452 e. The van der Waals surface area contributed by atoms with Crippen molar-refractivity contribution < 1.29 is 23.9 Å². The summed E-state index contributed by atoms with van der Waals surface area (Å²) in [6.45, 7) is 1.62. The molecule has 0 unspecified atom stereocenters. The number of hydrogen-bond acceptors (Lipinski definition) is 5. The predicted molar refractivity (Wildman–Crippen MR) is 62.0 cm³/mol. The molecule has 0 aliphatic carbocycles. The predicted octanol–water partition coefficient (Wildman–Crippen LogP) is 2.05. The summed E-state index contributed by atoms with van der Waals surface area (Å²) in [5.74, 6) is -0.791. The fourth-order valence-electron chi connectivity index (χ4n) is 1.23. The number of methoxy groups -OCH3 is 1. The summed E-state index contributed by atoms with van der Waals surface area (Å²) >= 11 is 0. The van der Waals surface area contributed by atoms with Crippen molar-refractivity contribution in [3.8, 4) is 0 Å². The molecule has 0 heterocycles. The second-order valence-corrected chi connectivity index (χ2v) is 3.18. The minimum absolute atomic E-state index is 0.0500. The van der Waals surface area contributed by atoms with E-state index in [0.29, 0.717) is 4.90 Å². The maximum Gasteiger partial charge on any atom is 0.426 e. The summed E-state index contributed by atoms with van der Waals surface area (Å²) in [4.78, 5) is 35.3. The monoisotopic (exact) mass is 251 g/mol. The van der Waals surface area contributed by atoms with Gasteiger partial charge >= 0.3 is 12.2 Å². The first-order valence-corrected chi connectivity index (χ1v) is 5.26. The van der Waals surface area contributed by atoms with Crippen LogP contribution < -0.4 is 0 Å². The lowest BCUT2D eigenvalue weighted by atomic mass is 10.2. The summed E-state index contributed by atoms with van der Waals surface area (Å²) in [6.07, 6.45) is -2.14. The van der Waals surface area contributed by atoms with Crippen molar-refractivity contribution in [2.24, 2.45) is 0 Å².